The number of morpholine rings is 1. The summed E-state index contributed by atoms with van der Waals surface area (Å²) in [5.74, 6) is 1.58. The van der Waals surface area contributed by atoms with Crippen molar-refractivity contribution in [2.75, 3.05) is 59.7 Å². The molecule has 1 aromatic carbocycles. The van der Waals surface area contributed by atoms with E-state index in [1.165, 1.54) is 45.2 Å². The smallest absolute Gasteiger partial charge is 0.272 e. The van der Waals surface area contributed by atoms with Crippen molar-refractivity contribution in [3.05, 3.63) is 29.5 Å². The summed E-state index contributed by atoms with van der Waals surface area (Å²) in [6, 6.07) is 6.69. The zero-order chi connectivity index (χ0) is 24.0. The molecule has 1 aromatic heterocycles. The van der Waals surface area contributed by atoms with Crippen LogP contribution in [-0.4, -0.2) is 91.7 Å². The fraction of sp³-hybridized carbons (Fsp3) is 0.615. The number of piperidine rings is 1. The second-order valence-corrected chi connectivity index (χ2v) is 10.5. The molecule has 6 rings (SSSR count). The molecule has 5 heterocycles. The van der Waals surface area contributed by atoms with Crippen molar-refractivity contribution < 1.29 is 19.0 Å². The molecule has 9 heteroatoms. The summed E-state index contributed by atoms with van der Waals surface area (Å²) in [7, 11) is 1.66. The Labute approximate surface area is 211 Å². The number of nitrogens with one attached hydrogen (secondary N) is 1. The predicted octanol–water partition coefficient (Wildman–Crippen LogP) is 3.81. The number of H-pyrrole nitrogens is 1. The van der Waals surface area contributed by atoms with Crippen molar-refractivity contribution in [3.8, 4) is 17.0 Å². The van der Waals surface area contributed by atoms with Crippen molar-refractivity contribution in [2.45, 2.75) is 48.8 Å². The van der Waals surface area contributed by atoms with Crippen LogP contribution in [0.25, 0.3) is 11.3 Å². The van der Waals surface area contributed by atoms with Gasteiger partial charge in [0.05, 0.1) is 32.6 Å². The highest BCUT2D eigenvalue weighted by molar-refractivity contribution is 7.98. The van der Waals surface area contributed by atoms with Gasteiger partial charge >= 0.3 is 0 Å². The number of ether oxygens (including phenoxy) is 3. The maximum atomic E-state index is 12.7. The average Bonchev–Trinajstić information content (AvgIpc) is 3.39. The lowest BCUT2D eigenvalue weighted by atomic mass is 10.0. The molecule has 3 saturated heterocycles. The summed E-state index contributed by atoms with van der Waals surface area (Å²) in [5.41, 5.74) is 3.52. The molecule has 0 aliphatic carbocycles. The number of amides is 1. The van der Waals surface area contributed by atoms with E-state index in [0.717, 1.165) is 52.5 Å². The lowest BCUT2D eigenvalue weighted by molar-refractivity contribution is 0.0110. The Bertz CT molecular complexity index is 979. The highest BCUT2D eigenvalue weighted by Crippen LogP contribution is 2.43. The Balaban J connectivity index is 0.000000178. The lowest BCUT2D eigenvalue weighted by Crippen LogP contribution is -2.43. The first-order valence-electron chi connectivity index (χ1n) is 12.8. The number of aromatic amines is 1. The van der Waals surface area contributed by atoms with Crippen LogP contribution in [0.3, 0.4) is 0 Å². The molecule has 1 N–H and O–H groups in total. The average molecular weight is 501 g/mol. The van der Waals surface area contributed by atoms with Gasteiger partial charge in [-0.2, -0.15) is 5.10 Å². The van der Waals surface area contributed by atoms with Crippen LogP contribution in [0.1, 0.15) is 48.2 Å². The van der Waals surface area contributed by atoms with Crippen molar-refractivity contribution in [1.29, 1.82) is 0 Å². The molecule has 0 spiro atoms. The first-order valence-corrected chi connectivity index (χ1v) is 13.8. The minimum absolute atomic E-state index is 0.0135. The highest BCUT2D eigenvalue weighted by atomic mass is 32.2. The topological polar surface area (TPSA) is 79.9 Å². The standard InChI is InChI=1S/C16H17N3O3S.C10H19NO/c1-21-10-2-3-11-13(8-10)23-9-12-14(11)17-18-15(12)16(20)19-4-6-22-7-5-19;1-2-6-11(7-3-1)10-5-4-8-12-9-10/h2-3,8H,4-7,9H2,1H3,(H,17,18);10H,1-9H2. The molecule has 0 radical (unpaired) electrons. The first-order chi connectivity index (χ1) is 17.2. The third kappa shape index (κ3) is 5.69. The molecular weight excluding hydrogens is 464 g/mol. The van der Waals surface area contributed by atoms with Crippen LogP contribution in [0.4, 0.5) is 0 Å². The Morgan fingerprint density at radius 1 is 1.09 bits per heavy atom. The van der Waals surface area contributed by atoms with E-state index in [9.17, 15) is 4.79 Å². The molecule has 8 nitrogen and oxygen atoms in total. The van der Waals surface area contributed by atoms with Gasteiger partial charge in [0, 0.05) is 47.5 Å². The summed E-state index contributed by atoms with van der Waals surface area (Å²) in [6.07, 6.45) is 6.86. The number of likely N-dealkylation sites (tertiary alicyclic amines) is 1. The monoisotopic (exact) mass is 500 g/mol. The van der Waals surface area contributed by atoms with E-state index in [0.29, 0.717) is 32.0 Å². The molecule has 1 atom stereocenters. The van der Waals surface area contributed by atoms with Gasteiger partial charge < -0.3 is 19.1 Å². The van der Waals surface area contributed by atoms with Gasteiger partial charge in [0.25, 0.3) is 5.91 Å². The number of thioether (sulfide) groups is 1. The minimum atomic E-state index is 0.0135. The molecule has 3 fully saturated rings. The van der Waals surface area contributed by atoms with Gasteiger partial charge in [0.1, 0.15) is 11.4 Å². The normalized spacial score (nSPS) is 22.4. The summed E-state index contributed by atoms with van der Waals surface area (Å²) < 4.78 is 16.1. The van der Waals surface area contributed by atoms with Crippen molar-refractivity contribution in [1.82, 2.24) is 20.0 Å². The van der Waals surface area contributed by atoms with Crippen molar-refractivity contribution in [2.24, 2.45) is 0 Å². The van der Waals surface area contributed by atoms with Gasteiger partial charge in [-0.25, -0.2) is 0 Å². The quantitative estimate of drug-likeness (QED) is 0.686. The van der Waals surface area contributed by atoms with E-state index in [2.05, 4.69) is 15.1 Å². The van der Waals surface area contributed by atoms with Crippen LogP contribution in [0.5, 0.6) is 5.75 Å². The van der Waals surface area contributed by atoms with Gasteiger partial charge in [-0.3, -0.25) is 14.8 Å². The SMILES string of the molecule is C1CCN(C2CCCOC2)CC1.COc1ccc2c(c1)SCc1c-2n[nH]c1C(=O)N1CCOCC1. The maximum absolute atomic E-state index is 12.7. The largest absolute Gasteiger partial charge is 0.497 e. The summed E-state index contributed by atoms with van der Waals surface area (Å²) >= 11 is 1.71. The van der Waals surface area contributed by atoms with Crippen LogP contribution in [0, 0.1) is 0 Å². The molecule has 35 heavy (non-hydrogen) atoms. The van der Waals surface area contributed by atoms with E-state index in [1.54, 1.807) is 18.9 Å². The van der Waals surface area contributed by atoms with Gasteiger partial charge in [0.15, 0.2) is 0 Å². The van der Waals surface area contributed by atoms with E-state index in [1.807, 2.05) is 23.1 Å². The van der Waals surface area contributed by atoms with E-state index in [-0.39, 0.29) is 5.91 Å². The third-order valence-electron chi connectivity index (χ3n) is 7.24. The van der Waals surface area contributed by atoms with Crippen LogP contribution in [0.15, 0.2) is 23.1 Å². The number of nitrogens with zero attached hydrogens (tertiary/aromatic N) is 3. The summed E-state index contributed by atoms with van der Waals surface area (Å²) in [5, 5.41) is 7.37. The fourth-order valence-electron chi connectivity index (χ4n) is 5.22. The van der Waals surface area contributed by atoms with Crippen LogP contribution in [-0.2, 0) is 15.2 Å². The molecule has 2 aromatic rings. The van der Waals surface area contributed by atoms with Crippen LogP contribution < -0.4 is 4.74 Å². The van der Waals surface area contributed by atoms with E-state index in [4.69, 9.17) is 14.2 Å². The highest BCUT2D eigenvalue weighted by Gasteiger charge is 2.29. The zero-order valence-electron chi connectivity index (χ0n) is 20.6. The molecule has 4 aliphatic heterocycles. The second-order valence-electron chi connectivity index (χ2n) is 9.45. The van der Waals surface area contributed by atoms with Crippen LogP contribution >= 0.6 is 11.8 Å². The Morgan fingerprint density at radius 2 is 1.91 bits per heavy atom. The molecule has 1 unspecified atom stereocenters. The Morgan fingerprint density at radius 3 is 2.66 bits per heavy atom. The molecular formula is C26H36N4O4S. The number of carbonyl (C=O) groups excluding carboxylic acids is 1. The number of hydrogen-bond donors (Lipinski definition) is 1. The number of aromatic nitrogens is 2. The van der Waals surface area contributed by atoms with E-state index >= 15 is 0 Å². The molecule has 1 amide bonds. The second kappa shape index (κ2) is 11.8. The van der Waals surface area contributed by atoms with Crippen molar-refractivity contribution >= 4 is 17.7 Å². The minimum Gasteiger partial charge on any atom is -0.497 e. The van der Waals surface area contributed by atoms with Gasteiger partial charge in [-0.1, -0.05) is 6.42 Å². The van der Waals surface area contributed by atoms with Gasteiger partial charge in [0.2, 0.25) is 0 Å². The molecule has 4 aliphatic rings. The molecule has 0 bridgehead atoms. The number of fused-ring (bicyclic) bond motifs is 3. The third-order valence-corrected chi connectivity index (χ3v) is 8.32. The first kappa shape index (κ1) is 24.6. The summed E-state index contributed by atoms with van der Waals surface area (Å²) in [4.78, 5) is 18.3. The van der Waals surface area contributed by atoms with Crippen molar-refractivity contribution in [3.63, 3.8) is 0 Å². The predicted molar refractivity (Wildman–Crippen MR) is 136 cm³/mol. The van der Waals surface area contributed by atoms with E-state index < -0.39 is 0 Å². The summed E-state index contributed by atoms with van der Waals surface area (Å²) in [6.45, 7) is 7.06. The molecule has 190 valence electrons. The number of benzene rings is 1. The molecule has 0 saturated carbocycles. The lowest BCUT2D eigenvalue weighted by Gasteiger charge is -2.36. The Hall–Kier alpha value is -2.07. The van der Waals surface area contributed by atoms with Gasteiger partial charge in [-0.05, 0) is 57.0 Å². The maximum Gasteiger partial charge on any atom is 0.272 e. The number of carbonyl (C=O) groups is 1. The fourth-order valence-corrected chi connectivity index (χ4v) is 6.32. The van der Waals surface area contributed by atoms with Crippen LogP contribution in [0.2, 0.25) is 0 Å². The van der Waals surface area contributed by atoms with Gasteiger partial charge in [-0.15, -0.1) is 11.8 Å². The number of methoxy groups -OCH3 is 1. The Kier molecular flexibility index (Phi) is 8.28. The zero-order valence-corrected chi connectivity index (χ0v) is 21.4. The number of rotatable bonds is 3. The number of hydrogen-bond acceptors (Lipinski definition) is 7.